The van der Waals surface area contributed by atoms with Crippen LogP contribution >= 0.6 is 0 Å². The summed E-state index contributed by atoms with van der Waals surface area (Å²) in [6.45, 7) is 2.89. The summed E-state index contributed by atoms with van der Waals surface area (Å²) < 4.78 is 0. The van der Waals surface area contributed by atoms with Crippen molar-refractivity contribution in [3.8, 4) is 11.5 Å². The summed E-state index contributed by atoms with van der Waals surface area (Å²) in [6.07, 6.45) is 2.63. The average molecular weight is 347 g/mol. The molecule has 0 bridgehead atoms. The van der Waals surface area contributed by atoms with Gasteiger partial charge in [-0.25, -0.2) is 9.97 Å². The van der Waals surface area contributed by atoms with E-state index in [1.54, 1.807) is 6.20 Å². The number of benzene rings is 1. The van der Waals surface area contributed by atoms with Crippen LogP contribution in [0.5, 0.6) is 0 Å². The second kappa shape index (κ2) is 7.95. The Balaban J connectivity index is 1.89. The third-order valence-corrected chi connectivity index (χ3v) is 4.26. The van der Waals surface area contributed by atoms with Crippen molar-refractivity contribution in [2.75, 3.05) is 30.9 Å². The lowest BCUT2D eigenvalue weighted by molar-refractivity contribution is 0.879. The van der Waals surface area contributed by atoms with E-state index in [2.05, 4.69) is 78.2 Å². The average Bonchev–Trinajstić information content (AvgIpc) is 2.68. The van der Waals surface area contributed by atoms with Crippen LogP contribution in [-0.4, -0.2) is 36.1 Å². The second-order valence-electron chi connectivity index (χ2n) is 6.53. The number of hydrogen-bond acceptors (Lipinski definition) is 5. The van der Waals surface area contributed by atoms with Crippen LogP contribution in [-0.2, 0) is 13.0 Å². The molecule has 26 heavy (non-hydrogen) atoms. The van der Waals surface area contributed by atoms with Crippen LogP contribution in [0.4, 0.5) is 11.5 Å². The molecule has 0 radical (unpaired) electrons. The molecule has 2 aromatic heterocycles. The van der Waals surface area contributed by atoms with E-state index in [0.29, 0.717) is 5.82 Å². The van der Waals surface area contributed by atoms with Crippen molar-refractivity contribution in [1.82, 2.24) is 15.0 Å². The van der Waals surface area contributed by atoms with Gasteiger partial charge in [0, 0.05) is 51.3 Å². The van der Waals surface area contributed by atoms with Gasteiger partial charge in [0.15, 0.2) is 5.82 Å². The quantitative estimate of drug-likeness (QED) is 0.678. The Kier molecular flexibility index (Phi) is 5.46. The highest BCUT2D eigenvalue weighted by Crippen LogP contribution is 2.21. The van der Waals surface area contributed by atoms with E-state index >= 15 is 0 Å². The molecule has 5 nitrogen and oxygen atoms in total. The van der Waals surface area contributed by atoms with Gasteiger partial charge >= 0.3 is 0 Å². The van der Waals surface area contributed by atoms with Crippen molar-refractivity contribution >= 4 is 11.5 Å². The molecule has 0 aliphatic carbocycles. The molecule has 0 unspecified atom stereocenters. The normalized spacial score (nSPS) is 10.6. The first kappa shape index (κ1) is 17.9. The van der Waals surface area contributed by atoms with E-state index in [1.807, 2.05) is 18.2 Å². The Bertz CT molecular complexity index is 861. The monoisotopic (exact) mass is 347 g/mol. The molecular formula is C21H25N5. The zero-order valence-electron chi connectivity index (χ0n) is 15.8. The fourth-order valence-electron chi connectivity index (χ4n) is 2.76. The van der Waals surface area contributed by atoms with Crippen LogP contribution in [0.2, 0.25) is 0 Å². The van der Waals surface area contributed by atoms with Crippen molar-refractivity contribution < 1.29 is 0 Å². The molecule has 3 rings (SSSR count). The van der Waals surface area contributed by atoms with Gasteiger partial charge < -0.3 is 9.80 Å². The van der Waals surface area contributed by atoms with Crippen LogP contribution in [0.25, 0.3) is 11.5 Å². The van der Waals surface area contributed by atoms with Gasteiger partial charge in [-0.15, -0.1) is 0 Å². The molecule has 5 heteroatoms. The molecule has 0 amide bonds. The van der Waals surface area contributed by atoms with Crippen molar-refractivity contribution in [3.63, 3.8) is 0 Å². The molecule has 0 fully saturated rings. The first-order valence-corrected chi connectivity index (χ1v) is 8.83. The lowest BCUT2D eigenvalue weighted by atomic mass is 10.2. The van der Waals surface area contributed by atoms with Crippen molar-refractivity contribution in [2.45, 2.75) is 19.9 Å². The van der Waals surface area contributed by atoms with E-state index in [-0.39, 0.29) is 0 Å². The smallest absolute Gasteiger partial charge is 0.180 e. The topological polar surface area (TPSA) is 45.2 Å². The zero-order valence-corrected chi connectivity index (χ0v) is 15.8. The predicted octanol–water partition coefficient (Wildman–Crippen LogP) is 3.80. The molecular weight excluding hydrogens is 322 g/mol. The number of hydrogen-bond donors (Lipinski definition) is 0. The van der Waals surface area contributed by atoms with Crippen LogP contribution in [0.1, 0.15) is 18.2 Å². The minimum absolute atomic E-state index is 0.675. The maximum atomic E-state index is 4.75. The third-order valence-electron chi connectivity index (χ3n) is 4.26. The lowest BCUT2D eigenvalue weighted by Crippen LogP contribution is -2.19. The zero-order chi connectivity index (χ0) is 18.5. The van der Waals surface area contributed by atoms with Crippen LogP contribution in [0.3, 0.4) is 0 Å². The molecule has 2 heterocycles. The Hall–Kier alpha value is -2.95. The molecule has 134 valence electrons. The fraction of sp³-hybridized carbons (Fsp3) is 0.286. The summed E-state index contributed by atoms with van der Waals surface area (Å²) in [5, 5.41) is 0. The molecule has 0 N–H and O–H groups in total. The van der Waals surface area contributed by atoms with E-state index in [1.165, 1.54) is 11.3 Å². The number of nitrogens with zero attached hydrogens (tertiary/aromatic N) is 5. The van der Waals surface area contributed by atoms with Gasteiger partial charge in [0.05, 0.1) is 0 Å². The van der Waals surface area contributed by atoms with Gasteiger partial charge in [-0.2, -0.15) is 0 Å². The van der Waals surface area contributed by atoms with Gasteiger partial charge in [-0.3, -0.25) is 4.98 Å². The maximum absolute atomic E-state index is 4.75. The third kappa shape index (κ3) is 4.17. The maximum Gasteiger partial charge on any atom is 0.180 e. The van der Waals surface area contributed by atoms with Gasteiger partial charge in [0.25, 0.3) is 0 Å². The standard InChI is InChI=1S/C21H25N5/c1-5-17-14-20(24-21(23-17)19-11-6-7-12-22-19)26(4)15-16-9-8-10-18(13-16)25(2)3/h6-14H,5,15H2,1-4H3. The minimum atomic E-state index is 0.675. The molecule has 1 aromatic carbocycles. The van der Waals surface area contributed by atoms with Crippen LogP contribution in [0, 0.1) is 0 Å². The Morgan fingerprint density at radius 3 is 2.46 bits per heavy atom. The Morgan fingerprint density at radius 2 is 1.77 bits per heavy atom. The Morgan fingerprint density at radius 1 is 0.923 bits per heavy atom. The predicted molar refractivity (Wildman–Crippen MR) is 108 cm³/mol. The highest BCUT2D eigenvalue weighted by atomic mass is 15.2. The second-order valence-corrected chi connectivity index (χ2v) is 6.53. The van der Waals surface area contributed by atoms with Crippen LogP contribution < -0.4 is 9.80 Å². The largest absolute Gasteiger partial charge is 0.378 e. The van der Waals surface area contributed by atoms with Gasteiger partial charge in [0.1, 0.15) is 11.5 Å². The summed E-state index contributed by atoms with van der Waals surface area (Å²) >= 11 is 0. The molecule has 3 aromatic rings. The minimum Gasteiger partial charge on any atom is -0.378 e. The highest BCUT2D eigenvalue weighted by molar-refractivity contribution is 5.54. The molecule has 0 spiro atoms. The number of aromatic nitrogens is 3. The lowest BCUT2D eigenvalue weighted by Gasteiger charge is -2.21. The van der Waals surface area contributed by atoms with Crippen molar-refractivity contribution in [3.05, 3.63) is 66.0 Å². The van der Waals surface area contributed by atoms with Gasteiger partial charge in [-0.1, -0.05) is 25.1 Å². The fourth-order valence-corrected chi connectivity index (χ4v) is 2.76. The number of pyridine rings is 1. The van der Waals surface area contributed by atoms with Crippen molar-refractivity contribution in [1.29, 1.82) is 0 Å². The molecule has 0 atom stereocenters. The number of anilines is 2. The number of rotatable bonds is 6. The summed E-state index contributed by atoms with van der Waals surface area (Å²) in [7, 11) is 6.17. The molecule has 0 saturated heterocycles. The van der Waals surface area contributed by atoms with E-state index in [0.717, 1.165) is 30.2 Å². The molecule has 0 aliphatic rings. The SMILES string of the molecule is CCc1cc(N(C)Cc2cccc(N(C)C)c2)nc(-c2ccccn2)n1. The van der Waals surface area contributed by atoms with Gasteiger partial charge in [-0.05, 0) is 36.2 Å². The highest BCUT2D eigenvalue weighted by Gasteiger charge is 2.11. The summed E-state index contributed by atoms with van der Waals surface area (Å²) in [5.74, 6) is 1.58. The van der Waals surface area contributed by atoms with Crippen molar-refractivity contribution in [2.24, 2.45) is 0 Å². The summed E-state index contributed by atoms with van der Waals surface area (Å²) in [4.78, 5) is 18.0. The number of aryl methyl sites for hydroxylation is 1. The van der Waals surface area contributed by atoms with Crippen LogP contribution in [0.15, 0.2) is 54.7 Å². The first-order valence-electron chi connectivity index (χ1n) is 8.83. The molecule has 0 aliphatic heterocycles. The summed E-state index contributed by atoms with van der Waals surface area (Å²) in [6, 6.07) is 16.4. The van der Waals surface area contributed by atoms with E-state index in [4.69, 9.17) is 4.98 Å². The molecule has 0 saturated carbocycles. The Labute approximate surface area is 155 Å². The van der Waals surface area contributed by atoms with E-state index in [9.17, 15) is 0 Å². The summed E-state index contributed by atoms with van der Waals surface area (Å²) in [5.41, 5.74) is 4.26. The van der Waals surface area contributed by atoms with Gasteiger partial charge in [0.2, 0.25) is 0 Å². The first-order chi connectivity index (χ1) is 12.6. The van der Waals surface area contributed by atoms with E-state index < -0.39 is 0 Å².